The molecular formula is C12H16N4OS. The Balaban J connectivity index is 2.55. The summed E-state index contributed by atoms with van der Waals surface area (Å²) >= 11 is 4.61. The molecule has 1 aromatic rings. The van der Waals surface area contributed by atoms with Gasteiger partial charge >= 0.3 is 0 Å². The monoisotopic (exact) mass is 264 g/mol. The van der Waals surface area contributed by atoms with Crippen LogP contribution in [0.1, 0.15) is 18.9 Å². The fourth-order valence-corrected chi connectivity index (χ4v) is 1.38. The highest BCUT2D eigenvalue weighted by Crippen LogP contribution is 2.13. The summed E-state index contributed by atoms with van der Waals surface area (Å²) in [5, 5.41) is 6.76. The third kappa shape index (κ3) is 4.92. The van der Waals surface area contributed by atoms with Crippen LogP contribution in [0.4, 0.5) is 5.69 Å². The molecule has 0 saturated carbocycles. The lowest BCUT2D eigenvalue weighted by Crippen LogP contribution is -2.26. The maximum absolute atomic E-state index is 11.7. The Hall–Kier alpha value is -1.95. The summed E-state index contributed by atoms with van der Waals surface area (Å²) in [6, 6.07) is 7.58. The molecule has 0 heterocycles. The van der Waals surface area contributed by atoms with E-state index in [9.17, 15) is 4.79 Å². The number of hydrogen-bond acceptors (Lipinski definition) is 3. The van der Waals surface area contributed by atoms with Crippen molar-refractivity contribution in [3.05, 3.63) is 29.8 Å². The number of carbonyl (C=O) groups is 1. The second kappa shape index (κ2) is 6.70. The van der Waals surface area contributed by atoms with Crippen LogP contribution in [-0.2, 0) is 4.79 Å². The molecule has 0 spiro atoms. The Morgan fingerprint density at radius 3 is 2.72 bits per heavy atom. The highest BCUT2D eigenvalue weighted by molar-refractivity contribution is 7.80. The van der Waals surface area contributed by atoms with Gasteiger partial charge in [0.25, 0.3) is 0 Å². The van der Waals surface area contributed by atoms with E-state index in [0.717, 1.165) is 11.3 Å². The number of rotatable bonds is 4. The average molecular weight is 264 g/mol. The highest BCUT2D eigenvalue weighted by Gasteiger charge is 2.05. The van der Waals surface area contributed by atoms with Gasteiger partial charge in [-0.1, -0.05) is 18.2 Å². The number of nitrogens with two attached hydrogens (primary N) is 1. The number of hydrogen-bond donors (Lipinski definition) is 3. The summed E-state index contributed by atoms with van der Waals surface area (Å²) < 4.78 is 0. The van der Waals surface area contributed by atoms with Crippen molar-refractivity contribution >= 4 is 34.6 Å². The van der Waals surface area contributed by atoms with Gasteiger partial charge in [0, 0.05) is 11.4 Å². The molecule has 1 aromatic carbocycles. The molecule has 4 N–H and O–H groups in total. The van der Waals surface area contributed by atoms with Crippen LogP contribution in [0.15, 0.2) is 29.4 Å². The number of para-hydroxylation sites is 1. The molecule has 0 bridgehead atoms. The number of amides is 1. The zero-order chi connectivity index (χ0) is 13.5. The maximum atomic E-state index is 11.7. The van der Waals surface area contributed by atoms with Gasteiger partial charge in [0.15, 0.2) is 5.11 Å². The number of nitrogens with zero attached hydrogens (tertiary/aromatic N) is 1. The quantitative estimate of drug-likeness (QED) is 0.438. The molecule has 0 aliphatic rings. The molecule has 0 aliphatic heterocycles. The van der Waals surface area contributed by atoms with Crippen molar-refractivity contribution in [3.8, 4) is 0 Å². The van der Waals surface area contributed by atoms with E-state index in [4.69, 9.17) is 5.73 Å². The van der Waals surface area contributed by atoms with E-state index >= 15 is 0 Å². The molecular weight excluding hydrogens is 248 g/mol. The summed E-state index contributed by atoms with van der Waals surface area (Å²) in [6.07, 6.45) is 0.184. The van der Waals surface area contributed by atoms with Crippen LogP contribution in [0.5, 0.6) is 0 Å². The van der Waals surface area contributed by atoms with Crippen LogP contribution in [0.2, 0.25) is 0 Å². The fraction of sp³-hybridized carbons (Fsp3) is 0.250. The number of thiocarbonyl (C=S) groups is 1. The highest BCUT2D eigenvalue weighted by atomic mass is 32.1. The zero-order valence-electron chi connectivity index (χ0n) is 10.4. The molecule has 96 valence electrons. The first-order valence-corrected chi connectivity index (χ1v) is 5.84. The van der Waals surface area contributed by atoms with Crippen LogP contribution in [0, 0.1) is 6.92 Å². The molecule has 0 aliphatic carbocycles. The summed E-state index contributed by atoms with van der Waals surface area (Å²) in [5.41, 5.74) is 10.1. The van der Waals surface area contributed by atoms with E-state index in [1.807, 2.05) is 31.2 Å². The number of hydrazone groups is 1. The van der Waals surface area contributed by atoms with E-state index in [1.165, 1.54) is 0 Å². The molecule has 0 unspecified atom stereocenters. The van der Waals surface area contributed by atoms with Crippen molar-refractivity contribution in [1.82, 2.24) is 5.43 Å². The summed E-state index contributed by atoms with van der Waals surface area (Å²) in [5.74, 6) is -0.129. The Bertz CT molecular complexity index is 485. The van der Waals surface area contributed by atoms with Crippen LogP contribution >= 0.6 is 12.2 Å². The average Bonchev–Trinajstić information content (AvgIpc) is 2.29. The first-order chi connectivity index (χ1) is 8.49. The maximum Gasteiger partial charge on any atom is 0.230 e. The van der Waals surface area contributed by atoms with Gasteiger partial charge in [-0.2, -0.15) is 5.10 Å². The van der Waals surface area contributed by atoms with Crippen molar-refractivity contribution < 1.29 is 4.79 Å². The first-order valence-electron chi connectivity index (χ1n) is 5.43. The summed E-state index contributed by atoms with van der Waals surface area (Å²) in [6.45, 7) is 3.66. The van der Waals surface area contributed by atoms with E-state index in [-0.39, 0.29) is 17.4 Å². The summed E-state index contributed by atoms with van der Waals surface area (Å²) in [4.78, 5) is 11.7. The van der Waals surface area contributed by atoms with Crippen molar-refractivity contribution in [3.63, 3.8) is 0 Å². The third-order valence-electron chi connectivity index (χ3n) is 2.19. The predicted octanol–water partition coefficient (Wildman–Crippen LogP) is 1.53. The normalized spacial score (nSPS) is 10.9. The topological polar surface area (TPSA) is 79.5 Å². The number of carbonyl (C=O) groups excluding carboxylic acids is 1. The minimum absolute atomic E-state index is 0.0775. The van der Waals surface area contributed by atoms with Gasteiger partial charge in [0.2, 0.25) is 5.91 Å². The molecule has 0 fully saturated rings. The predicted molar refractivity (Wildman–Crippen MR) is 77.5 cm³/mol. The first kappa shape index (κ1) is 14.1. The van der Waals surface area contributed by atoms with E-state index in [1.54, 1.807) is 6.92 Å². The minimum atomic E-state index is -0.129. The smallest absolute Gasteiger partial charge is 0.230 e. The molecule has 1 amide bonds. The number of aryl methyl sites for hydroxylation is 1. The van der Waals surface area contributed by atoms with E-state index in [0.29, 0.717) is 5.71 Å². The van der Waals surface area contributed by atoms with Gasteiger partial charge in [-0.3, -0.25) is 10.2 Å². The lowest BCUT2D eigenvalue weighted by Gasteiger charge is -2.07. The Labute approximate surface area is 111 Å². The molecule has 0 saturated heterocycles. The molecule has 0 aromatic heterocycles. The van der Waals surface area contributed by atoms with Gasteiger partial charge < -0.3 is 11.1 Å². The standard InChI is InChI=1S/C12H16N4OS/c1-8-5-3-4-6-10(8)14-11(17)7-9(2)15-16-12(13)18/h3-6H,7H2,1-2H3,(H,14,17)(H3,13,16,18). The van der Waals surface area contributed by atoms with Crippen LogP contribution in [0.25, 0.3) is 0 Å². The molecule has 18 heavy (non-hydrogen) atoms. The lowest BCUT2D eigenvalue weighted by atomic mass is 10.2. The van der Waals surface area contributed by atoms with E-state index < -0.39 is 0 Å². The van der Waals surface area contributed by atoms with E-state index in [2.05, 4.69) is 28.1 Å². The molecule has 5 nitrogen and oxygen atoms in total. The SMILES string of the molecule is CC(CC(=O)Nc1ccccc1C)=NNC(N)=S. The molecule has 0 atom stereocenters. The largest absolute Gasteiger partial charge is 0.375 e. The number of anilines is 1. The van der Waals surface area contributed by atoms with Gasteiger partial charge in [-0.05, 0) is 37.7 Å². The third-order valence-corrected chi connectivity index (χ3v) is 2.28. The van der Waals surface area contributed by atoms with Crippen molar-refractivity contribution in [2.24, 2.45) is 10.8 Å². The second-order valence-corrected chi connectivity index (χ2v) is 4.30. The molecule has 6 heteroatoms. The molecule has 1 rings (SSSR count). The van der Waals surface area contributed by atoms with Crippen molar-refractivity contribution in [1.29, 1.82) is 0 Å². The van der Waals surface area contributed by atoms with Gasteiger partial charge in [0.05, 0.1) is 6.42 Å². The Morgan fingerprint density at radius 1 is 1.44 bits per heavy atom. The number of benzene rings is 1. The number of nitrogens with one attached hydrogen (secondary N) is 2. The van der Waals surface area contributed by atoms with Gasteiger partial charge in [-0.25, -0.2) is 0 Å². The molecule has 0 radical (unpaired) electrons. The van der Waals surface area contributed by atoms with Crippen LogP contribution in [-0.4, -0.2) is 16.7 Å². The van der Waals surface area contributed by atoms with Crippen molar-refractivity contribution in [2.45, 2.75) is 20.3 Å². The Morgan fingerprint density at radius 2 is 2.11 bits per heavy atom. The van der Waals surface area contributed by atoms with Crippen molar-refractivity contribution in [2.75, 3.05) is 5.32 Å². The lowest BCUT2D eigenvalue weighted by molar-refractivity contribution is -0.115. The zero-order valence-corrected chi connectivity index (χ0v) is 11.2. The fourth-order valence-electron chi connectivity index (χ4n) is 1.33. The second-order valence-electron chi connectivity index (χ2n) is 3.86. The minimum Gasteiger partial charge on any atom is -0.375 e. The van der Waals surface area contributed by atoms with Crippen LogP contribution < -0.4 is 16.5 Å². The van der Waals surface area contributed by atoms with Gasteiger partial charge in [-0.15, -0.1) is 0 Å². The Kier molecular flexibility index (Phi) is 5.26. The summed E-state index contributed by atoms with van der Waals surface area (Å²) in [7, 11) is 0. The van der Waals surface area contributed by atoms with Crippen LogP contribution in [0.3, 0.4) is 0 Å². The van der Waals surface area contributed by atoms with Gasteiger partial charge in [0.1, 0.15) is 0 Å².